The fraction of sp³-hybridized carbons (Fsp3) is 0.278. The lowest BCUT2D eigenvalue weighted by atomic mass is 9.82. The minimum atomic E-state index is -2.92. The zero-order valence-corrected chi connectivity index (χ0v) is 14.6. The summed E-state index contributed by atoms with van der Waals surface area (Å²) in [6.07, 6.45) is 1.61. The Balaban J connectivity index is 2.21. The molecule has 6 nitrogen and oxygen atoms in total. The molecule has 136 valence electrons. The van der Waals surface area contributed by atoms with Crippen LogP contribution in [0.3, 0.4) is 0 Å². The molecular formula is C18H19F2N4O2+. The molecule has 1 aliphatic rings. The van der Waals surface area contributed by atoms with E-state index in [1.807, 2.05) is 6.92 Å². The lowest BCUT2D eigenvalue weighted by Crippen LogP contribution is -2.85. The minimum absolute atomic E-state index is 0.0561. The predicted octanol–water partition coefficient (Wildman–Crippen LogP) is 0.411. The number of amides is 1. The van der Waals surface area contributed by atoms with Crippen LogP contribution in [0.25, 0.3) is 0 Å². The molecule has 1 unspecified atom stereocenters. The summed E-state index contributed by atoms with van der Waals surface area (Å²) in [7, 11) is 1.57. The molecule has 2 heterocycles. The number of pyridine rings is 1. The van der Waals surface area contributed by atoms with E-state index in [9.17, 15) is 13.6 Å². The van der Waals surface area contributed by atoms with Crippen molar-refractivity contribution in [2.75, 3.05) is 7.05 Å². The Morgan fingerprint density at radius 1 is 1.23 bits per heavy atom. The largest absolute Gasteiger partial charge is 0.435 e. The van der Waals surface area contributed by atoms with Crippen LogP contribution >= 0.6 is 0 Å². The molecule has 0 spiro atoms. The van der Waals surface area contributed by atoms with Gasteiger partial charge in [0.1, 0.15) is 5.75 Å². The molecule has 3 rings (SSSR count). The maximum absolute atomic E-state index is 13.1. The van der Waals surface area contributed by atoms with Crippen LogP contribution in [0.2, 0.25) is 0 Å². The van der Waals surface area contributed by atoms with Gasteiger partial charge < -0.3 is 4.74 Å². The van der Waals surface area contributed by atoms with Crippen molar-refractivity contribution in [1.29, 1.82) is 0 Å². The number of benzene rings is 1. The van der Waals surface area contributed by atoms with Crippen LogP contribution in [0.5, 0.6) is 5.75 Å². The normalized spacial score (nSPS) is 19.8. The van der Waals surface area contributed by atoms with E-state index in [2.05, 4.69) is 14.7 Å². The molecule has 2 aromatic rings. The van der Waals surface area contributed by atoms with Crippen molar-refractivity contribution in [2.45, 2.75) is 26.0 Å². The number of alkyl halides is 2. The van der Waals surface area contributed by atoms with Crippen molar-refractivity contribution in [2.24, 2.45) is 5.73 Å². The average Bonchev–Trinajstić information content (AvgIpc) is 2.81. The van der Waals surface area contributed by atoms with Gasteiger partial charge in [-0.15, -0.1) is 0 Å². The number of aromatic nitrogens is 1. The van der Waals surface area contributed by atoms with E-state index in [4.69, 9.17) is 5.73 Å². The second-order valence-corrected chi connectivity index (χ2v) is 6.17. The van der Waals surface area contributed by atoms with E-state index >= 15 is 0 Å². The fourth-order valence-corrected chi connectivity index (χ4v) is 3.14. The highest BCUT2D eigenvalue weighted by molar-refractivity contribution is 6.03. The van der Waals surface area contributed by atoms with Crippen LogP contribution in [0.4, 0.5) is 8.78 Å². The highest BCUT2D eigenvalue weighted by Gasteiger charge is 2.54. The molecule has 0 radical (unpaired) electrons. The number of nitrogens with one attached hydrogen (secondary N) is 1. The summed E-state index contributed by atoms with van der Waals surface area (Å²) in [4.78, 5) is 21.7. The maximum Gasteiger partial charge on any atom is 0.387 e. The number of ether oxygens (including phenoxy) is 1. The van der Waals surface area contributed by atoms with Crippen molar-refractivity contribution in [3.63, 3.8) is 0 Å². The van der Waals surface area contributed by atoms with Gasteiger partial charge in [0.25, 0.3) is 0 Å². The third-order valence-corrected chi connectivity index (χ3v) is 4.46. The molecule has 8 heteroatoms. The van der Waals surface area contributed by atoms with Crippen molar-refractivity contribution in [1.82, 2.24) is 9.88 Å². The van der Waals surface area contributed by atoms with Crippen LogP contribution in [-0.4, -0.2) is 35.4 Å². The number of carbonyl (C=O) groups is 1. The first kappa shape index (κ1) is 17.8. The van der Waals surface area contributed by atoms with Crippen molar-refractivity contribution in [3.8, 4) is 5.75 Å². The van der Waals surface area contributed by atoms with Gasteiger partial charge in [0.05, 0.1) is 7.05 Å². The number of hydrogen-bond acceptors (Lipinski definition) is 4. The first-order chi connectivity index (χ1) is 12.3. The van der Waals surface area contributed by atoms with Crippen molar-refractivity contribution >= 4 is 11.9 Å². The SMILES string of the molecule is Cc1cc(C2(c3ccc(OC(F)F)c(C)c3)[NH+]=C(N)N(C)C2=O)ccn1. The molecule has 0 saturated heterocycles. The Bertz CT molecular complexity index is 901. The van der Waals surface area contributed by atoms with Gasteiger partial charge in [0.2, 0.25) is 5.54 Å². The number of carbonyl (C=O) groups excluding carboxylic acids is 1. The van der Waals surface area contributed by atoms with Crippen LogP contribution in [-0.2, 0) is 10.3 Å². The highest BCUT2D eigenvalue weighted by atomic mass is 19.3. The molecule has 1 aromatic heterocycles. The molecule has 0 fully saturated rings. The lowest BCUT2D eigenvalue weighted by Gasteiger charge is -2.24. The van der Waals surface area contributed by atoms with Gasteiger partial charge in [-0.05, 0) is 43.7 Å². The Labute approximate surface area is 149 Å². The summed E-state index contributed by atoms with van der Waals surface area (Å²) in [5.74, 6) is -0.0156. The van der Waals surface area contributed by atoms with Gasteiger partial charge in [0, 0.05) is 23.0 Å². The molecule has 1 aromatic carbocycles. The van der Waals surface area contributed by atoms with E-state index in [1.54, 1.807) is 44.4 Å². The van der Waals surface area contributed by atoms with E-state index in [0.29, 0.717) is 16.7 Å². The smallest absolute Gasteiger partial charge is 0.387 e. The topological polar surface area (TPSA) is 82.4 Å². The Morgan fingerprint density at radius 3 is 2.46 bits per heavy atom. The van der Waals surface area contributed by atoms with Gasteiger partial charge in [-0.1, -0.05) is 6.07 Å². The van der Waals surface area contributed by atoms with E-state index < -0.39 is 12.2 Å². The molecule has 3 N–H and O–H groups in total. The summed E-state index contributed by atoms with van der Waals surface area (Å²) in [6.45, 7) is 0.541. The number of hydrogen-bond donors (Lipinski definition) is 2. The minimum Gasteiger partial charge on any atom is -0.435 e. The molecule has 1 atom stereocenters. The Morgan fingerprint density at radius 2 is 1.92 bits per heavy atom. The number of rotatable bonds is 4. The first-order valence-corrected chi connectivity index (χ1v) is 7.93. The number of nitrogens with zero attached hydrogens (tertiary/aromatic N) is 2. The van der Waals surface area contributed by atoms with Gasteiger partial charge in [-0.2, -0.15) is 8.78 Å². The summed E-state index contributed by atoms with van der Waals surface area (Å²) >= 11 is 0. The summed E-state index contributed by atoms with van der Waals surface area (Å²) < 4.78 is 29.6. The highest BCUT2D eigenvalue weighted by Crippen LogP contribution is 2.32. The average molecular weight is 361 g/mol. The Hall–Kier alpha value is -3.03. The molecule has 0 saturated carbocycles. The summed E-state index contributed by atoms with van der Waals surface area (Å²) in [6, 6.07) is 8.16. The van der Waals surface area contributed by atoms with Crippen molar-refractivity contribution < 1.29 is 23.3 Å². The molecule has 0 aliphatic carbocycles. The third-order valence-electron chi connectivity index (χ3n) is 4.46. The van der Waals surface area contributed by atoms with E-state index in [0.717, 1.165) is 5.69 Å². The maximum atomic E-state index is 13.1. The molecule has 26 heavy (non-hydrogen) atoms. The quantitative estimate of drug-likeness (QED) is 0.827. The van der Waals surface area contributed by atoms with Gasteiger partial charge in [-0.3, -0.25) is 20.5 Å². The lowest BCUT2D eigenvalue weighted by molar-refractivity contribution is -0.525. The third kappa shape index (κ3) is 2.77. The first-order valence-electron chi connectivity index (χ1n) is 7.93. The van der Waals surface area contributed by atoms with Crippen molar-refractivity contribution in [3.05, 3.63) is 58.9 Å². The Kier molecular flexibility index (Phi) is 4.35. The summed E-state index contributed by atoms with van der Waals surface area (Å²) in [5, 5.41) is 0. The standard InChI is InChI=1S/C18H18F2N4O2/c1-10-8-12(4-5-14(10)26-16(19)20)18(13-6-7-22-11(2)9-13)15(25)24(3)17(21)23-18/h4-9,16H,1-3H3,(H2,21,23)/p+1. The number of aryl methyl sites for hydroxylation is 2. The van der Waals surface area contributed by atoms with Crippen LogP contribution in [0.1, 0.15) is 22.4 Å². The number of nitrogens with two attached hydrogens (primary N) is 1. The van der Waals surface area contributed by atoms with Gasteiger partial charge >= 0.3 is 18.5 Å². The van der Waals surface area contributed by atoms with Gasteiger partial charge in [-0.25, -0.2) is 4.90 Å². The monoisotopic (exact) mass is 361 g/mol. The number of halogens is 2. The zero-order valence-electron chi connectivity index (χ0n) is 14.6. The second-order valence-electron chi connectivity index (χ2n) is 6.17. The second kappa shape index (κ2) is 6.36. The molecular weight excluding hydrogens is 342 g/mol. The fourth-order valence-electron chi connectivity index (χ4n) is 3.14. The predicted molar refractivity (Wildman–Crippen MR) is 90.5 cm³/mol. The zero-order chi connectivity index (χ0) is 19.1. The number of guanidine groups is 1. The summed E-state index contributed by atoms with van der Waals surface area (Å²) in [5.41, 5.74) is 7.14. The van der Waals surface area contributed by atoms with Gasteiger partial charge in [0.15, 0.2) is 0 Å². The van der Waals surface area contributed by atoms with Crippen LogP contribution < -0.4 is 15.5 Å². The molecule has 1 aliphatic heterocycles. The van der Waals surface area contributed by atoms with E-state index in [1.165, 1.54) is 11.0 Å². The van der Waals surface area contributed by atoms with E-state index in [-0.39, 0.29) is 17.6 Å². The molecule has 1 amide bonds. The number of likely N-dealkylation sites (N-methyl/N-ethyl adjacent to an activating group) is 1. The van der Waals surface area contributed by atoms with Crippen LogP contribution in [0, 0.1) is 13.8 Å². The molecule has 0 bridgehead atoms. The van der Waals surface area contributed by atoms with Crippen LogP contribution in [0.15, 0.2) is 36.5 Å².